The second kappa shape index (κ2) is 7.04. The zero-order valence-electron chi connectivity index (χ0n) is 14.0. The lowest BCUT2D eigenvalue weighted by Crippen LogP contribution is -2.46. The minimum absolute atomic E-state index is 0.158. The maximum Gasteiger partial charge on any atom is 0.283 e. The molecule has 1 fully saturated rings. The van der Waals surface area contributed by atoms with Gasteiger partial charge in [-0.15, -0.1) is 0 Å². The van der Waals surface area contributed by atoms with Gasteiger partial charge in [0.1, 0.15) is 5.76 Å². The van der Waals surface area contributed by atoms with E-state index in [9.17, 15) is 8.42 Å². The van der Waals surface area contributed by atoms with Gasteiger partial charge in [-0.3, -0.25) is 4.98 Å². The second-order valence-corrected chi connectivity index (χ2v) is 8.09. The first-order valence-corrected chi connectivity index (χ1v) is 9.62. The summed E-state index contributed by atoms with van der Waals surface area (Å²) < 4.78 is 35.1. The van der Waals surface area contributed by atoms with E-state index in [1.54, 1.807) is 22.8 Å². The summed E-state index contributed by atoms with van der Waals surface area (Å²) in [5.74, 6) is 0.706. The molecule has 1 saturated heterocycles. The smallest absolute Gasteiger partial charge is 0.283 e. The third-order valence-electron chi connectivity index (χ3n) is 4.29. The van der Waals surface area contributed by atoms with Crippen LogP contribution in [0.1, 0.15) is 44.2 Å². The number of nitrogens with zero attached hydrogens (tertiary/aromatic N) is 3. The Hall–Kier alpha value is -1.70. The second-order valence-electron chi connectivity index (χ2n) is 6.25. The highest BCUT2D eigenvalue weighted by Gasteiger charge is 2.41. The number of rotatable bonds is 6. The Morgan fingerprint density at radius 3 is 2.79 bits per heavy atom. The number of aromatic nitrogens is 1. The Bertz CT molecular complexity index is 745. The fourth-order valence-corrected chi connectivity index (χ4v) is 5.09. The Morgan fingerprint density at radius 1 is 1.33 bits per heavy atom. The highest BCUT2D eigenvalue weighted by molar-refractivity contribution is 7.86. The number of hydrogen-bond acceptors (Lipinski definition) is 4. The lowest BCUT2D eigenvalue weighted by molar-refractivity contribution is 0.275. The van der Waals surface area contributed by atoms with Crippen molar-refractivity contribution in [3.05, 3.63) is 54.2 Å². The zero-order valence-corrected chi connectivity index (χ0v) is 14.8. The molecule has 0 radical (unpaired) electrons. The van der Waals surface area contributed by atoms with Crippen LogP contribution in [-0.4, -0.2) is 34.6 Å². The molecule has 2 aromatic heterocycles. The first-order chi connectivity index (χ1) is 11.5. The Kier molecular flexibility index (Phi) is 5.03. The van der Waals surface area contributed by atoms with E-state index in [0.717, 1.165) is 18.5 Å². The molecule has 7 heteroatoms. The maximum atomic E-state index is 13.3. The predicted octanol–water partition coefficient (Wildman–Crippen LogP) is 2.97. The molecule has 0 N–H and O–H groups in total. The van der Waals surface area contributed by atoms with Crippen molar-refractivity contribution in [2.45, 2.75) is 45.3 Å². The standard InChI is InChI=1S/C17H23N3O3S/c1-14(2)20(13-15-7-3-4-10-18-15)24(21,22)19-11-5-8-16(19)17-9-6-12-23-17/h3-4,6-7,9-10,12,14,16H,5,8,11,13H2,1-2H3/t16-/m1/s1. The molecule has 0 saturated carbocycles. The summed E-state index contributed by atoms with van der Waals surface area (Å²) in [5, 5.41) is 0. The summed E-state index contributed by atoms with van der Waals surface area (Å²) in [5.41, 5.74) is 0.739. The Labute approximate surface area is 143 Å². The van der Waals surface area contributed by atoms with E-state index in [1.807, 2.05) is 38.1 Å². The molecule has 1 aliphatic rings. The van der Waals surface area contributed by atoms with Crippen LogP contribution in [-0.2, 0) is 16.8 Å². The Morgan fingerprint density at radius 2 is 2.17 bits per heavy atom. The van der Waals surface area contributed by atoms with Gasteiger partial charge in [0.2, 0.25) is 0 Å². The molecule has 0 spiro atoms. The van der Waals surface area contributed by atoms with E-state index >= 15 is 0 Å². The topological polar surface area (TPSA) is 66.7 Å². The van der Waals surface area contributed by atoms with Crippen molar-refractivity contribution in [2.75, 3.05) is 6.54 Å². The monoisotopic (exact) mass is 349 g/mol. The van der Waals surface area contributed by atoms with E-state index in [-0.39, 0.29) is 18.6 Å². The summed E-state index contributed by atoms with van der Waals surface area (Å²) in [7, 11) is -3.61. The molecular weight excluding hydrogens is 326 g/mol. The minimum atomic E-state index is -3.61. The van der Waals surface area contributed by atoms with E-state index < -0.39 is 10.2 Å². The largest absolute Gasteiger partial charge is 0.468 e. The average molecular weight is 349 g/mol. The number of furan rings is 1. The van der Waals surface area contributed by atoms with Crippen LogP contribution in [0.5, 0.6) is 0 Å². The van der Waals surface area contributed by atoms with Crippen LogP contribution in [0.25, 0.3) is 0 Å². The van der Waals surface area contributed by atoms with Gasteiger partial charge >= 0.3 is 0 Å². The molecule has 1 aliphatic heterocycles. The maximum absolute atomic E-state index is 13.3. The van der Waals surface area contributed by atoms with E-state index in [0.29, 0.717) is 12.3 Å². The van der Waals surface area contributed by atoms with Gasteiger partial charge < -0.3 is 4.42 Å². The van der Waals surface area contributed by atoms with Gasteiger partial charge in [-0.25, -0.2) is 0 Å². The third-order valence-corrected chi connectivity index (χ3v) is 6.46. The molecule has 24 heavy (non-hydrogen) atoms. The van der Waals surface area contributed by atoms with Crippen molar-refractivity contribution in [3.8, 4) is 0 Å². The number of hydrogen-bond donors (Lipinski definition) is 0. The van der Waals surface area contributed by atoms with Crippen molar-refractivity contribution in [1.29, 1.82) is 0 Å². The minimum Gasteiger partial charge on any atom is -0.468 e. The van der Waals surface area contributed by atoms with Crippen LogP contribution in [0.4, 0.5) is 0 Å². The fourth-order valence-electron chi connectivity index (χ4n) is 3.10. The zero-order chi connectivity index (χ0) is 17.2. The van der Waals surface area contributed by atoms with Crippen LogP contribution < -0.4 is 0 Å². The van der Waals surface area contributed by atoms with Gasteiger partial charge in [0.15, 0.2) is 0 Å². The van der Waals surface area contributed by atoms with Gasteiger partial charge in [-0.05, 0) is 51.0 Å². The van der Waals surface area contributed by atoms with E-state index in [2.05, 4.69) is 4.98 Å². The van der Waals surface area contributed by atoms with Gasteiger partial charge in [-0.1, -0.05) is 6.07 Å². The predicted molar refractivity (Wildman–Crippen MR) is 91.2 cm³/mol. The Balaban J connectivity index is 1.88. The quantitative estimate of drug-likeness (QED) is 0.804. The van der Waals surface area contributed by atoms with E-state index in [4.69, 9.17) is 4.42 Å². The summed E-state index contributed by atoms with van der Waals surface area (Å²) >= 11 is 0. The molecule has 0 bridgehead atoms. The molecule has 2 aromatic rings. The van der Waals surface area contributed by atoms with Crippen molar-refractivity contribution in [2.24, 2.45) is 0 Å². The van der Waals surface area contributed by atoms with E-state index in [1.165, 1.54) is 4.31 Å². The lowest BCUT2D eigenvalue weighted by atomic mass is 10.2. The molecule has 0 aromatic carbocycles. The average Bonchev–Trinajstić information content (AvgIpc) is 3.23. The molecule has 6 nitrogen and oxygen atoms in total. The van der Waals surface area contributed by atoms with Crippen LogP contribution >= 0.6 is 0 Å². The molecule has 0 aliphatic carbocycles. The van der Waals surface area contributed by atoms with Crippen molar-refractivity contribution >= 4 is 10.2 Å². The SMILES string of the molecule is CC(C)N(Cc1ccccn1)S(=O)(=O)N1CCC[C@@H]1c1ccco1. The number of pyridine rings is 1. The van der Waals surface area contributed by atoms with Gasteiger partial charge in [0.05, 0.1) is 24.5 Å². The van der Waals surface area contributed by atoms with Crippen LogP contribution in [0, 0.1) is 0 Å². The normalized spacial score (nSPS) is 19.4. The first kappa shape index (κ1) is 17.1. The summed E-state index contributed by atoms with van der Waals surface area (Å²) in [6.45, 7) is 4.55. The molecule has 0 amide bonds. The fraction of sp³-hybridized carbons (Fsp3) is 0.471. The van der Waals surface area contributed by atoms with Crippen LogP contribution in [0.3, 0.4) is 0 Å². The van der Waals surface area contributed by atoms with Crippen molar-refractivity contribution in [3.63, 3.8) is 0 Å². The van der Waals surface area contributed by atoms with Gasteiger partial charge in [-0.2, -0.15) is 17.0 Å². The van der Waals surface area contributed by atoms with Gasteiger partial charge in [0, 0.05) is 18.8 Å². The molecular formula is C17H23N3O3S. The summed E-state index contributed by atoms with van der Waals surface area (Å²) in [4.78, 5) is 4.27. The highest BCUT2D eigenvalue weighted by Crippen LogP contribution is 2.36. The first-order valence-electron chi connectivity index (χ1n) is 8.22. The van der Waals surface area contributed by atoms with Crippen molar-refractivity contribution in [1.82, 2.24) is 13.6 Å². The molecule has 0 unspecified atom stereocenters. The molecule has 3 rings (SSSR count). The molecule has 3 heterocycles. The highest BCUT2D eigenvalue weighted by atomic mass is 32.2. The van der Waals surface area contributed by atoms with Crippen LogP contribution in [0.2, 0.25) is 0 Å². The van der Waals surface area contributed by atoms with Crippen LogP contribution in [0.15, 0.2) is 47.2 Å². The third kappa shape index (κ3) is 3.38. The molecule has 130 valence electrons. The van der Waals surface area contributed by atoms with Crippen molar-refractivity contribution < 1.29 is 12.8 Å². The lowest BCUT2D eigenvalue weighted by Gasteiger charge is -2.32. The molecule has 1 atom stereocenters. The van der Waals surface area contributed by atoms with Gasteiger partial charge in [0.25, 0.3) is 10.2 Å². The summed E-state index contributed by atoms with van der Waals surface area (Å²) in [6.07, 6.45) is 4.89. The summed E-state index contributed by atoms with van der Waals surface area (Å²) in [6, 6.07) is 8.80.